The maximum atomic E-state index is 5.87. The molecule has 2 aliphatic rings. The Labute approximate surface area is 122 Å². The third-order valence-electron chi connectivity index (χ3n) is 4.61. The van der Waals surface area contributed by atoms with E-state index in [0.29, 0.717) is 12.0 Å². The Hall–Kier alpha value is -0.800. The molecule has 3 nitrogen and oxygen atoms in total. The van der Waals surface area contributed by atoms with Crippen molar-refractivity contribution in [3.63, 3.8) is 0 Å². The van der Waals surface area contributed by atoms with Crippen molar-refractivity contribution in [2.75, 3.05) is 13.2 Å². The highest BCUT2D eigenvalue weighted by molar-refractivity contribution is 5.17. The summed E-state index contributed by atoms with van der Waals surface area (Å²) in [5, 5.41) is 3.44. The summed E-state index contributed by atoms with van der Waals surface area (Å²) in [6, 6.07) is 4.26. The minimum Gasteiger partial charge on any atom is -0.464 e. The van der Waals surface area contributed by atoms with Gasteiger partial charge in [0, 0.05) is 12.5 Å². The maximum absolute atomic E-state index is 5.87. The summed E-state index contributed by atoms with van der Waals surface area (Å²) in [5.74, 6) is 3.74. The monoisotopic (exact) mass is 277 g/mol. The van der Waals surface area contributed by atoms with Gasteiger partial charge in [-0.15, -0.1) is 0 Å². The lowest BCUT2D eigenvalue weighted by Crippen LogP contribution is -2.17. The molecule has 1 heterocycles. The molecule has 3 rings (SSSR count). The molecule has 20 heavy (non-hydrogen) atoms. The van der Waals surface area contributed by atoms with Gasteiger partial charge in [-0.1, -0.05) is 19.8 Å². The average molecular weight is 277 g/mol. The van der Waals surface area contributed by atoms with Crippen molar-refractivity contribution >= 4 is 0 Å². The van der Waals surface area contributed by atoms with Crippen LogP contribution in [0.25, 0.3) is 0 Å². The number of ether oxygens (including phenoxy) is 1. The van der Waals surface area contributed by atoms with Crippen LogP contribution in [-0.2, 0) is 11.3 Å². The first kappa shape index (κ1) is 14.2. The maximum Gasteiger partial charge on any atom is 0.117 e. The van der Waals surface area contributed by atoms with E-state index in [1.165, 1.54) is 37.9 Å². The van der Waals surface area contributed by atoms with Gasteiger partial charge in [0.25, 0.3) is 0 Å². The molecule has 2 atom stereocenters. The number of nitrogens with one attached hydrogen (secondary N) is 1. The minimum absolute atomic E-state index is 0.545. The van der Waals surface area contributed by atoms with E-state index >= 15 is 0 Å². The Morgan fingerprint density at radius 2 is 2.10 bits per heavy atom. The van der Waals surface area contributed by atoms with E-state index in [4.69, 9.17) is 9.15 Å². The first-order valence-electron chi connectivity index (χ1n) is 8.24. The fourth-order valence-electron chi connectivity index (χ4n) is 3.12. The molecule has 2 saturated carbocycles. The molecule has 0 amide bonds. The fourth-order valence-corrected chi connectivity index (χ4v) is 3.12. The zero-order valence-electron chi connectivity index (χ0n) is 12.6. The van der Waals surface area contributed by atoms with Crippen LogP contribution in [0.2, 0.25) is 0 Å². The van der Waals surface area contributed by atoms with Gasteiger partial charge in [0.15, 0.2) is 0 Å². The average Bonchev–Trinajstić information content (AvgIpc) is 2.90. The van der Waals surface area contributed by atoms with Crippen LogP contribution in [-0.4, -0.2) is 19.3 Å². The van der Waals surface area contributed by atoms with Crippen molar-refractivity contribution in [2.45, 2.75) is 64.0 Å². The highest BCUT2D eigenvalue weighted by Gasteiger charge is 2.36. The Morgan fingerprint density at radius 1 is 1.30 bits per heavy atom. The van der Waals surface area contributed by atoms with Gasteiger partial charge in [-0.25, -0.2) is 0 Å². The molecule has 0 bridgehead atoms. The first-order chi connectivity index (χ1) is 9.83. The van der Waals surface area contributed by atoms with E-state index < -0.39 is 0 Å². The van der Waals surface area contributed by atoms with Crippen LogP contribution in [0.4, 0.5) is 0 Å². The van der Waals surface area contributed by atoms with Crippen molar-refractivity contribution < 1.29 is 9.15 Å². The van der Waals surface area contributed by atoms with E-state index in [0.717, 1.165) is 37.8 Å². The van der Waals surface area contributed by atoms with Crippen LogP contribution in [0, 0.1) is 5.92 Å². The van der Waals surface area contributed by atoms with Crippen LogP contribution in [0.1, 0.15) is 62.9 Å². The van der Waals surface area contributed by atoms with Gasteiger partial charge in [-0.3, -0.25) is 0 Å². The van der Waals surface area contributed by atoms with E-state index in [1.54, 1.807) is 0 Å². The smallest absolute Gasteiger partial charge is 0.117 e. The van der Waals surface area contributed by atoms with Crippen LogP contribution < -0.4 is 5.32 Å². The summed E-state index contributed by atoms with van der Waals surface area (Å²) in [4.78, 5) is 0. The van der Waals surface area contributed by atoms with Crippen molar-refractivity contribution in [3.05, 3.63) is 23.7 Å². The standard InChI is InChI=1S/C17H27NO2/c1-13-11-16(13)17-8-7-15(20-17)12-18-9-4-10-19-14-5-2-3-6-14/h7-8,13-14,16,18H,2-6,9-12H2,1H3. The van der Waals surface area contributed by atoms with E-state index in [9.17, 15) is 0 Å². The lowest BCUT2D eigenvalue weighted by molar-refractivity contribution is 0.0568. The van der Waals surface area contributed by atoms with Crippen molar-refractivity contribution in [1.82, 2.24) is 5.32 Å². The molecule has 2 fully saturated rings. The summed E-state index contributed by atoms with van der Waals surface area (Å²) < 4.78 is 11.7. The summed E-state index contributed by atoms with van der Waals surface area (Å²) in [5.41, 5.74) is 0. The van der Waals surface area contributed by atoms with Gasteiger partial charge in [0.1, 0.15) is 11.5 Å². The lowest BCUT2D eigenvalue weighted by Gasteiger charge is -2.10. The number of furan rings is 1. The Bertz CT molecular complexity index is 409. The Morgan fingerprint density at radius 3 is 2.85 bits per heavy atom. The minimum atomic E-state index is 0.545. The topological polar surface area (TPSA) is 34.4 Å². The number of rotatable bonds is 8. The quantitative estimate of drug-likeness (QED) is 0.733. The third kappa shape index (κ3) is 3.86. The molecule has 0 radical (unpaired) electrons. The van der Waals surface area contributed by atoms with Gasteiger partial charge in [-0.05, 0) is 50.3 Å². The Balaban J connectivity index is 1.25. The highest BCUT2D eigenvalue weighted by Crippen LogP contribution is 2.47. The molecule has 0 saturated heterocycles. The predicted molar refractivity (Wildman–Crippen MR) is 79.8 cm³/mol. The summed E-state index contributed by atoms with van der Waals surface area (Å²) in [6.07, 6.45) is 8.16. The Kier molecular flexibility index (Phi) is 4.79. The van der Waals surface area contributed by atoms with Crippen LogP contribution in [0.3, 0.4) is 0 Å². The molecule has 2 unspecified atom stereocenters. The normalized spacial score (nSPS) is 26.2. The third-order valence-corrected chi connectivity index (χ3v) is 4.61. The van der Waals surface area contributed by atoms with Gasteiger partial charge in [-0.2, -0.15) is 0 Å². The molecular weight excluding hydrogens is 250 g/mol. The fraction of sp³-hybridized carbons (Fsp3) is 0.765. The lowest BCUT2D eigenvalue weighted by atomic mass is 10.3. The molecule has 2 aliphatic carbocycles. The summed E-state index contributed by atoms with van der Waals surface area (Å²) >= 11 is 0. The van der Waals surface area contributed by atoms with E-state index in [2.05, 4.69) is 24.4 Å². The molecular formula is C17H27NO2. The summed E-state index contributed by atoms with van der Waals surface area (Å²) in [6.45, 7) is 5.02. The van der Waals surface area contributed by atoms with Crippen LogP contribution in [0.5, 0.6) is 0 Å². The second kappa shape index (κ2) is 6.77. The SMILES string of the molecule is CC1CC1c1ccc(CNCCCOC2CCCC2)o1. The van der Waals surface area contributed by atoms with Crippen LogP contribution >= 0.6 is 0 Å². The highest BCUT2D eigenvalue weighted by atomic mass is 16.5. The molecule has 1 aromatic rings. The number of hydrogen-bond acceptors (Lipinski definition) is 3. The second-order valence-corrected chi connectivity index (χ2v) is 6.43. The zero-order chi connectivity index (χ0) is 13.8. The van der Waals surface area contributed by atoms with E-state index in [-0.39, 0.29) is 0 Å². The first-order valence-corrected chi connectivity index (χ1v) is 8.24. The zero-order valence-corrected chi connectivity index (χ0v) is 12.6. The molecule has 1 N–H and O–H groups in total. The molecule has 112 valence electrons. The molecule has 0 aliphatic heterocycles. The number of hydrogen-bond donors (Lipinski definition) is 1. The molecule has 0 spiro atoms. The van der Waals surface area contributed by atoms with Crippen molar-refractivity contribution in [2.24, 2.45) is 5.92 Å². The van der Waals surface area contributed by atoms with Gasteiger partial charge < -0.3 is 14.5 Å². The van der Waals surface area contributed by atoms with Gasteiger partial charge in [0.2, 0.25) is 0 Å². The van der Waals surface area contributed by atoms with Crippen molar-refractivity contribution in [3.8, 4) is 0 Å². The van der Waals surface area contributed by atoms with Crippen LogP contribution in [0.15, 0.2) is 16.5 Å². The van der Waals surface area contributed by atoms with Gasteiger partial charge >= 0.3 is 0 Å². The van der Waals surface area contributed by atoms with Gasteiger partial charge in [0.05, 0.1) is 12.6 Å². The summed E-state index contributed by atoms with van der Waals surface area (Å²) in [7, 11) is 0. The predicted octanol–water partition coefficient (Wildman–Crippen LogP) is 3.84. The largest absolute Gasteiger partial charge is 0.464 e. The molecule has 1 aromatic heterocycles. The van der Waals surface area contributed by atoms with Crippen molar-refractivity contribution in [1.29, 1.82) is 0 Å². The molecule has 3 heteroatoms. The molecule has 0 aromatic carbocycles. The second-order valence-electron chi connectivity index (χ2n) is 6.43. The van der Waals surface area contributed by atoms with E-state index in [1.807, 2.05) is 0 Å².